The monoisotopic (exact) mass is 620 g/mol. The first-order valence-corrected chi connectivity index (χ1v) is 16.8. The fourth-order valence-corrected chi connectivity index (χ4v) is 7.58. The second-order valence-corrected chi connectivity index (χ2v) is 12.7. The molecule has 0 radical (unpaired) electrons. The summed E-state index contributed by atoms with van der Waals surface area (Å²) in [4.78, 5) is 0. The lowest BCUT2D eigenvalue weighted by molar-refractivity contribution is 0.636. The van der Waals surface area contributed by atoms with Gasteiger partial charge in [-0.05, 0) is 65.2 Å². The van der Waals surface area contributed by atoms with Gasteiger partial charge in [0.1, 0.15) is 0 Å². The maximum atomic E-state index is 3.86. The first-order chi connectivity index (χ1) is 23.8. The van der Waals surface area contributed by atoms with Gasteiger partial charge in [0.15, 0.2) is 0 Å². The number of hydrogen-bond donors (Lipinski definition) is 3. The summed E-state index contributed by atoms with van der Waals surface area (Å²) < 4.78 is 2.43. The minimum Gasteiger partial charge on any atom is -0.378 e. The van der Waals surface area contributed by atoms with E-state index < -0.39 is 0 Å². The Morgan fingerprint density at radius 3 is 1.69 bits per heavy atom. The van der Waals surface area contributed by atoms with Gasteiger partial charge in [0.25, 0.3) is 0 Å². The third-order valence-corrected chi connectivity index (χ3v) is 9.87. The van der Waals surface area contributed by atoms with E-state index in [1.54, 1.807) is 0 Å². The summed E-state index contributed by atoms with van der Waals surface area (Å²) in [5.74, 6) is 0.184. The highest BCUT2D eigenvalue weighted by molar-refractivity contribution is 5.85. The van der Waals surface area contributed by atoms with E-state index in [9.17, 15) is 0 Å². The van der Waals surface area contributed by atoms with Crippen LogP contribution in [0.3, 0.4) is 0 Å². The molecule has 1 aromatic heterocycles. The Hall–Kier alpha value is -6.00. The summed E-state index contributed by atoms with van der Waals surface area (Å²) in [5.41, 5.74) is 9.53. The molecule has 9 rings (SSSR count). The van der Waals surface area contributed by atoms with Crippen LogP contribution in [0.25, 0.3) is 28.7 Å². The molecule has 1 aliphatic heterocycles. The zero-order valence-electron chi connectivity index (χ0n) is 26.5. The van der Waals surface area contributed by atoms with Crippen molar-refractivity contribution >= 4 is 40.1 Å². The Morgan fingerprint density at radius 2 is 1.02 bits per heavy atom. The van der Waals surface area contributed by atoms with Crippen molar-refractivity contribution in [3.63, 3.8) is 0 Å². The molecule has 7 aromatic rings. The smallest absolute Gasteiger partial charge is 0.0758 e. The highest BCUT2D eigenvalue weighted by Gasteiger charge is 2.30. The summed E-state index contributed by atoms with van der Waals surface area (Å²) in [6, 6.07) is 58.8. The molecule has 4 heteroatoms. The zero-order chi connectivity index (χ0) is 31.9. The molecule has 1 aliphatic carbocycles. The van der Waals surface area contributed by atoms with Gasteiger partial charge in [-0.1, -0.05) is 127 Å². The van der Waals surface area contributed by atoms with Gasteiger partial charge in [0.2, 0.25) is 0 Å². The normalized spacial score (nSPS) is 19.5. The standard InChI is InChI=1S/C44H36N4/c1-4-14-30(15-5-1)36-28-37-35-20-10-13-23-41(35)48(42(37)29-40(36)45-33-18-8-3-9-19-33)34-26-24-32(25-27-34)44-43(31-16-6-2-7-17-31)46-38-21-11-12-22-39(38)47-44/h1-29,36,40,43-47H. The van der Waals surface area contributed by atoms with Crippen LogP contribution < -0.4 is 26.5 Å². The largest absolute Gasteiger partial charge is 0.378 e. The molecule has 4 atom stereocenters. The van der Waals surface area contributed by atoms with Gasteiger partial charge in [-0.3, -0.25) is 0 Å². The molecule has 232 valence electrons. The van der Waals surface area contributed by atoms with Crippen molar-refractivity contribution in [1.29, 1.82) is 0 Å². The SMILES string of the molecule is C1=c2c(n(-c3ccc(C4Nc5ccccc5NC4c4ccccc4)cc3)c3ccccc23)=CC(Nc2ccccc2)C1c1ccccc1. The van der Waals surface area contributed by atoms with E-state index in [1.807, 2.05) is 0 Å². The van der Waals surface area contributed by atoms with Crippen LogP contribution in [0.5, 0.6) is 0 Å². The molecule has 6 aromatic carbocycles. The van der Waals surface area contributed by atoms with Crippen molar-refractivity contribution < 1.29 is 0 Å². The second kappa shape index (κ2) is 12.0. The average Bonchev–Trinajstić information content (AvgIpc) is 3.48. The molecule has 2 heterocycles. The third kappa shape index (κ3) is 5.03. The maximum absolute atomic E-state index is 3.86. The topological polar surface area (TPSA) is 41.0 Å². The third-order valence-electron chi connectivity index (χ3n) is 9.87. The van der Waals surface area contributed by atoms with Gasteiger partial charge >= 0.3 is 0 Å². The van der Waals surface area contributed by atoms with Gasteiger partial charge in [-0.25, -0.2) is 0 Å². The molecule has 0 fully saturated rings. The van der Waals surface area contributed by atoms with Crippen molar-refractivity contribution in [3.8, 4) is 5.69 Å². The number of rotatable bonds is 6. The highest BCUT2D eigenvalue weighted by Crippen LogP contribution is 2.42. The van der Waals surface area contributed by atoms with E-state index in [0.717, 1.165) is 22.7 Å². The highest BCUT2D eigenvalue weighted by atomic mass is 15.1. The molecule has 0 saturated heterocycles. The Labute approximate surface area is 280 Å². The van der Waals surface area contributed by atoms with Gasteiger partial charge in [-0.15, -0.1) is 0 Å². The summed E-state index contributed by atoms with van der Waals surface area (Å²) in [6.07, 6.45) is 4.90. The first-order valence-electron chi connectivity index (χ1n) is 16.8. The maximum Gasteiger partial charge on any atom is 0.0758 e. The van der Waals surface area contributed by atoms with Gasteiger partial charge in [-0.2, -0.15) is 0 Å². The van der Waals surface area contributed by atoms with Gasteiger partial charge < -0.3 is 20.5 Å². The number of anilines is 3. The van der Waals surface area contributed by atoms with Crippen LogP contribution in [0.4, 0.5) is 17.1 Å². The minimum atomic E-state index is 0.0673. The van der Waals surface area contributed by atoms with E-state index in [1.165, 1.54) is 38.2 Å². The molecule has 0 amide bonds. The van der Waals surface area contributed by atoms with Gasteiger partial charge in [0.05, 0.1) is 40.4 Å². The summed E-state index contributed by atoms with van der Waals surface area (Å²) >= 11 is 0. The average molecular weight is 621 g/mol. The summed E-state index contributed by atoms with van der Waals surface area (Å²) in [7, 11) is 0. The van der Waals surface area contributed by atoms with Crippen molar-refractivity contribution in [2.24, 2.45) is 0 Å². The van der Waals surface area contributed by atoms with E-state index >= 15 is 0 Å². The zero-order valence-corrected chi connectivity index (χ0v) is 26.5. The molecular weight excluding hydrogens is 585 g/mol. The predicted molar refractivity (Wildman–Crippen MR) is 200 cm³/mol. The number of para-hydroxylation sites is 4. The predicted octanol–water partition coefficient (Wildman–Crippen LogP) is 8.79. The van der Waals surface area contributed by atoms with Gasteiger partial charge in [0, 0.05) is 27.9 Å². The fourth-order valence-electron chi connectivity index (χ4n) is 7.58. The van der Waals surface area contributed by atoms with Crippen molar-refractivity contribution in [2.45, 2.75) is 24.0 Å². The Kier molecular flexibility index (Phi) is 7.05. The number of fused-ring (bicyclic) bond motifs is 4. The summed E-state index contributed by atoms with van der Waals surface area (Å²) in [5, 5.41) is 15.3. The first kappa shape index (κ1) is 28.2. The Morgan fingerprint density at radius 1 is 0.479 bits per heavy atom. The lowest BCUT2D eigenvalue weighted by Crippen LogP contribution is -2.39. The number of hydrogen-bond acceptors (Lipinski definition) is 3. The van der Waals surface area contributed by atoms with Crippen LogP contribution in [-0.2, 0) is 0 Å². The Bertz CT molecular complexity index is 2330. The quantitative estimate of drug-likeness (QED) is 0.174. The number of benzene rings is 6. The molecule has 0 spiro atoms. The Balaban J connectivity index is 1.16. The number of nitrogens with zero attached hydrogens (tertiary/aromatic N) is 1. The second-order valence-electron chi connectivity index (χ2n) is 12.7. The van der Waals surface area contributed by atoms with Crippen molar-refractivity contribution in [3.05, 3.63) is 191 Å². The van der Waals surface area contributed by atoms with Crippen molar-refractivity contribution in [1.82, 2.24) is 4.57 Å². The van der Waals surface area contributed by atoms with E-state index in [4.69, 9.17) is 0 Å². The van der Waals surface area contributed by atoms with Crippen LogP contribution in [0, 0.1) is 0 Å². The van der Waals surface area contributed by atoms with Crippen LogP contribution >= 0.6 is 0 Å². The van der Waals surface area contributed by atoms with E-state index in [2.05, 4.69) is 196 Å². The fraction of sp³-hybridized carbons (Fsp3) is 0.0909. The molecule has 2 aliphatic rings. The molecule has 4 unspecified atom stereocenters. The van der Waals surface area contributed by atoms with Crippen LogP contribution in [0.2, 0.25) is 0 Å². The number of nitrogens with one attached hydrogen (secondary N) is 3. The molecule has 3 N–H and O–H groups in total. The summed E-state index contributed by atoms with van der Waals surface area (Å²) in [6.45, 7) is 0. The molecule has 4 nitrogen and oxygen atoms in total. The van der Waals surface area contributed by atoms with E-state index in [0.29, 0.717) is 0 Å². The molecule has 0 bridgehead atoms. The molecular formula is C44H36N4. The van der Waals surface area contributed by atoms with Crippen LogP contribution in [-0.4, -0.2) is 10.6 Å². The number of aromatic nitrogens is 1. The minimum absolute atomic E-state index is 0.0673. The lowest BCUT2D eigenvalue weighted by atomic mass is 9.87. The van der Waals surface area contributed by atoms with Crippen molar-refractivity contribution in [2.75, 3.05) is 16.0 Å². The van der Waals surface area contributed by atoms with E-state index in [-0.39, 0.29) is 24.0 Å². The van der Waals surface area contributed by atoms with Crippen LogP contribution in [0.1, 0.15) is 34.7 Å². The molecule has 48 heavy (non-hydrogen) atoms. The van der Waals surface area contributed by atoms with Crippen LogP contribution in [0.15, 0.2) is 164 Å². The lowest BCUT2D eigenvalue weighted by Gasteiger charge is -2.37. The molecule has 0 saturated carbocycles.